The Balaban J connectivity index is 1.93. The van der Waals surface area contributed by atoms with Crippen molar-refractivity contribution in [2.45, 2.75) is 19.5 Å². The minimum absolute atomic E-state index is 0.242. The second-order valence-electron chi connectivity index (χ2n) is 3.50. The van der Waals surface area contributed by atoms with Crippen LogP contribution in [0.5, 0.6) is 0 Å². The van der Waals surface area contributed by atoms with E-state index in [1.54, 1.807) is 23.6 Å². The zero-order valence-electron chi connectivity index (χ0n) is 8.85. The maximum Gasteiger partial charge on any atom is 0.129 e. The predicted molar refractivity (Wildman–Crippen MR) is 66.6 cm³/mol. The number of halogens is 1. The Labute approximate surface area is 104 Å². The molecular formula is C11H12ClN3S. The Morgan fingerprint density at radius 2 is 2.31 bits per heavy atom. The van der Waals surface area contributed by atoms with Crippen LogP contribution in [0.1, 0.15) is 24.2 Å². The molecule has 1 N–H and O–H groups in total. The van der Waals surface area contributed by atoms with E-state index in [1.807, 2.05) is 17.0 Å². The zero-order chi connectivity index (χ0) is 11.4. The summed E-state index contributed by atoms with van der Waals surface area (Å²) in [6.45, 7) is 2.87. The summed E-state index contributed by atoms with van der Waals surface area (Å²) < 4.78 is 0. The molecule has 0 fully saturated rings. The Bertz CT molecular complexity index is 427. The van der Waals surface area contributed by atoms with Gasteiger partial charge in [0.05, 0.1) is 11.2 Å². The van der Waals surface area contributed by atoms with E-state index in [4.69, 9.17) is 11.6 Å². The maximum absolute atomic E-state index is 5.73. The number of pyridine rings is 1. The summed E-state index contributed by atoms with van der Waals surface area (Å²) in [6.07, 6.45) is 1.79. The van der Waals surface area contributed by atoms with Gasteiger partial charge in [-0.25, -0.2) is 9.97 Å². The van der Waals surface area contributed by atoms with Crippen molar-refractivity contribution in [2.24, 2.45) is 0 Å². The van der Waals surface area contributed by atoms with Gasteiger partial charge >= 0.3 is 0 Å². The molecule has 0 aliphatic rings. The van der Waals surface area contributed by atoms with E-state index in [2.05, 4.69) is 22.2 Å². The van der Waals surface area contributed by atoms with E-state index >= 15 is 0 Å². The SMILES string of the molecule is CC(NCc1cscn1)c1ccc(Cl)nc1. The van der Waals surface area contributed by atoms with Crippen LogP contribution in [-0.4, -0.2) is 9.97 Å². The van der Waals surface area contributed by atoms with Crippen molar-refractivity contribution in [3.63, 3.8) is 0 Å². The monoisotopic (exact) mass is 253 g/mol. The van der Waals surface area contributed by atoms with Crippen LogP contribution in [0.3, 0.4) is 0 Å². The summed E-state index contributed by atoms with van der Waals surface area (Å²) in [4.78, 5) is 8.27. The van der Waals surface area contributed by atoms with Crippen LogP contribution in [0.4, 0.5) is 0 Å². The number of nitrogens with one attached hydrogen (secondary N) is 1. The van der Waals surface area contributed by atoms with Gasteiger partial charge in [-0.3, -0.25) is 0 Å². The van der Waals surface area contributed by atoms with Gasteiger partial charge in [0.15, 0.2) is 0 Å². The van der Waals surface area contributed by atoms with Crippen molar-refractivity contribution in [1.29, 1.82) is 0 Å². The van der Waals surface area contributed by atoms with Crippen molar-refractivity contribution in [2.75, 3.05) is 0 Å². The lowest BCUT2D eigenvalue weighted by molar-refractivity contribution is 0.567. The van der Waals surface area contributed by atoms with Crippen LogP contribution in [0.15, 0.2) is 29.2 Å². The molecular weight excluding hydrogens is 242 g/mol. The van der Waals surface area contributed by atoms with Gasteiger partial charge in [-0.1, -0.05) is 17.7 Å². The van der Waals surface area contributed by atoms with Crippen LogP contribution in [-0.2, 0) is 6.54 Å². The van der Waals surface area contributed by atoms with Crippen molar-refractivity contribution < 1.29 is 0 Å². The number of hydrogen-bond donors (Lipinski definition) is 1. The summed E-state index contributed by atoms with van der Waals surface area (Å²) >= 11 is 7.34. The van der Waals surface area contributed by atoms with Crippen LogP contribution in [0, 0.1) is 0 Å². The van der Waals surface area contributed by atoms with Crippen molar-refractivity contribution in [3.8, 4) is 0 Å². The van der Waals surface area contributed by atoms with Crippen LogP contribution in [0.2, 0.25) is 5.15 Å². The highest BCUT2D eigenvalue weighted by molar-refractivity contribution is 7.07. The molecule has 3 nitrogen and oxygen atoms in total. The van der Waals surface area contributed by atoms with Gasteiger partial charge in [-0.15, -0.1) is 11.3 Å². The normalized spacial score (nSPS) is 12.6. The van der Waals surface area contributed by atoms with Crippen molar-refractivity contribution >= 4 is 22.9 Å². The smallest absolute Gasteiger partial charge is 0.129 e. The molecule has 0 spiro atoms. The Morgan fingerprint density at radius 1 is 1.44 bits per heavy atom. The predicted octanol–water partition coefficient (Wildman–Crippen LogP) is 3.04. The van der Waals surface area contributed by atoms with Gasteiger partial charge in [-0.05, 0) is 18.6 Å². The van der Waals surface area contributed by atoms with Gasteiger partial charge in [0.1, 0.15) is 5.15 Å². The Kier molecular flexibility index (Phi) is 3.88. The molecule has 2 heterocycles. The number of aromatic nitrogens is 2. The van der Waals surface area contributed by atoms with Crippen LogP contribution < -0.4 is 5.32 Å². The summed E-state index contributed by atoms with van der Waals surface area (Å²) in [7, 11) is 0. The summed E-state index contributed by atoms with van der Waals surface area (Å²) in [5.74, 6) is 0. The topological polar surface area (TPSA) is 37.8 Å². The van der Waals surface area contributed by atoms with Crippen LogP contribution >= 0.6 is 22.9 Å². The van der Waals surface area contributed by atoms with Gasteiger partial charge < -0.3 is 5.32 Å². The van der Waals surface area contributed by atoms with Crippen molar-refractivity contribution in [1.82, 2.24) is 15.3 Å². The molecule has 2 rings (SSSR count). The molecule has 0 aliphatic carbocycles. The lowest BCUT2D eigenvalue weighted by Crippen LogP contribution is -2.18. The molecule has 0 saturated heterocycles. The van der Waals surface area contributed by atoms with Crippen molar-refractivity contribution in [3.05, 3.63) is 45.6 Å². The average Bonchev–Trinajstić information content (AvgIpc) is 2.80. The molecule has 16 heavy (non-hydrogen) atoms. The lowest BCUT2D eigenvalue weighted by Gasteiger charge is -2.12. The highest BCUT2D eigenvalue weighted by atomic mass is 35.5. The Morgan fingerprint density at radius 3 is 2.94 bits per heavy atom. The summed E-state index contributed by atoms with van der Waals surface area (Å²) in [5, 5.41) is 5.95. The number of rotatable bonds is 4. The van der Waals surface area contributed by atoms with Gasteiger partial charge in [0, 0.05) is 24.2 Å². The second kappa shape index (κ2) is 5.39. The standard InChI is InChI=1S/C11H12ClN3S/c1-8(9-2-3-11(12)14-4-9)13-5-10-6-16-7-15-10/h2-4,6-8,13H,5H2,1H3. The fourth-order valence-corrected chi connectivity index (χ4v) is 2.01. The lowest BCUT2D eigenvalue weighted by atomic mass is 10.1. The van der Waals surface area contributed by atoms with Crippen LogP contribution in [0.25, 0.3) is 0 Å². The third-order valence-electron chi connectivity index (χ3n) is 2.32. The first-order valence-electron chi connectivity index (χ1n) is 4.97. The quantitative estimate of drug-likeness (QED) is 0.851. The molecule has 84 valence electrons. The molecule has 2 aromatic rings. The first kappa shape index (κ1) is 11.5. The van der Waals surface area contributed by atoms with Gasteiger partial charge in [0.25, 0.3) is 0 Å². The van der Waals surface area contributed by atoms with E-state index in [0.29, 0.717) is 5.15 Å². The molecule has 0 saturated carbocycles. The number of hydrogen-bond acceptors (Lipinski definition) is 4. The fraction of sp³-hybridized carbons (Fsp3) is 0.273. The molecule has 5 heteroatoms. The fourth-order valence-electron chi connectivity index (χ4n) is 1.34. The highest BCUT2D eigenvalue weighted by Gasteiger charge is 2.05. The van der Waals surface area contributed by atoms with Gasteiger partial charge in [-0.2, -0.15) is 0 Å². The minimum Gasteiger partial charge on any atom is -0.304 e. The third-order valence-corrected chi connectivity index (χ3v) is 3.18. The maximum atomic E-state index is 5.73. The Hall–Kier alpha value is -0.970. The van der Waals surface area contributed by atoms with E-state index in [9.17, 15) is 0 Å². The molecule has 1 unspecified atom stereocenters. The first-order valence-corrected chi connectivity index (χ1v) is 6.29. The molecule has 2 aromatic heterocycles. The molecule has 0 aromatic carbocycles. The molecule has 0 radical (unpaired) electrons. The van der Waals surface area contributed by atoms with E-state index in [1.165, 1.54) is 0 Å². The number of thiazole rings is 1. The third kappa shape index (κ3) is 3.01. The van der Waals surface area contributed by atoms with Gasteiger partial charge in [0.2, 0.25) is 0 Å². The largest absolute Gasteiger partial charge is 0.304 e. The molecule has 0 amide bonds. The minimum atomic E-state index is 0.242. The molecule has 0 aliphatic heterocycles. The first-order chi connectivity index (χ1) is 7.75. The summed E-state index contributed by atoms with van der Waals surface area (Å²) in [5.41, 5.74) is 4.03. The molecule has 1 atom stereocenters. The second-order valence-corrected chi connectivity index (χ2v) is 4.60. The van der Waals surface area contributed by atoms with E-state index in [-0.39, 0.29) is 6.04 Å². The van der Waals surface area contributed by atoms with E-state index in [0.717, 1.165) is 17.8 Å². The average molecular weight is 254 g/mol. The molecule has 0 bridgehead atoms. The highest BCUT2D eigenvalue weighted by Crippen LogP contribution is 2.14. The van der Waals surface area contributed by atoms with E-state index < -0.39 is 0 Å². The number of nitrogens with zero attached hydrogens (tertiary/aromatic N) is 2. The summed E-state index contributed by atoms with van der Waals surface area (Å²) in [6, 6.07) is 4.03. The zero-order valence-corrected chi connectivity index (χ0v) is 10.4.